The lowest BCUT2D eigenvalue weighted by atomic mass is 9.98. The van der Waals surface area contributed by atoms with Crippen molar-refractivity contribution in [3.63, 3.8) is 0 Å². The molecule has 2 aromatic rings. The second kappa shape index (κ2) is 7.32. The van der Waals surface area contributed by atoms with Crippen molar-refractivity contribution in [3.8, 4) is 5.75 Å². The first-order valence-corrected chi connectivity index (χ1v) is 7.28. The van der Waals surface area contributed by atoms with Crippen molar-refractivity contribution in [1.82, 2.24) is 5.32 Å². The zero-order chi connectivity index (χ0) is 14.4. The normalized spacial score (nSPS) is 12.2. The largest absolute Gasteiger partial charge is 0.493 e. The molecule has 0 aliphatic heterocycles. The number of hydrogen-bond acceptors (Lipinski definition) is 2. The van der Waals surface area contributed by atoms with Crippen molar-refractivity contribution < 1.29 is 4.74 Å². The third kappa shape index (κ3) is 3.53. The SMILES string of the molecule is CCCOc1ccccc1C(NC)c1cccc(Cl)c1. The molecule has 0 saturated carbocycles. The van der Waals surface area contributed by atoms with Gasteiger partial charge in [0.2, 0.25) is 0 Å². The van der Waals surface area contributed by atoms with Gasteiger partial charge < -0.3 is 10.1 Å². The smallest absolute Gasteiger partial charge is 0.124 e. The van der Waals surface area contributed by atoms with Gasteiger partial charge in [0.05, 0.1) is 12.6 Å². The number of rotatable bonds is 6. The van der Waals surface area contributed by atoms with Gasteiger partial charge in [-0.25, -0.2) is 0 Å². The lowest BCUT2D eigenvalue weighted by Crippen LogP contribution is -2.18. The monoisotopic (exact) mass is 289 g/mol. The first-order valence-electron chi connectivity index (χ1n) is 6.90. The number of ether oxygens (including phenoxy) is 1. The topological polar surface area (TPSA) is 21.3 Å². The quantitative estimate of drug-likeness (QED) is 0.849. The van der Waals surface area contributed by atoms with Crippen LogP contribution in [0.5, 0.6) is 5.75 Å². The third-order valence-corrected chi connectivity index (χ3v) is 3.40. The minimum absolute atomic E-state index is 0.0711. The highest BCUT2D eigenvalue weighted by Crippen LogP contribution is 2.30. The van der Waals surface area contributed by atoms with E-state index in [9.17, 15) is 0 Å². The van der Waals surface area contributed by atoms with Gasteiger partial charge in [0, 0.05) is 10.6 Å². The van der Waals surface area contributed by atoms with Crippen LogP contribution in [0.1, 0.15) is 30.5 Å². The van der Waals surface area contributed by atoms with Gasteiger partial charge in [0.1, 0.15) is 5.75 Å². The summed E-state index contributed by atoms with van der Waals surface area (Å²) >= 11 is 6.10. The van der Waals surface area contributed by atoms with Crippen molar-refractivity contribution in [2.45, 2.75) is 19.4 Å². The van der Waals surface area contributed by atoms with Gasteiger partial charge in [0.15, 0.2) is 0 Å². The summed E-state index contributed by atoms with van der Waals surface area (Å²) in [4.78, 5) is 0. The van der Waals surface area contributed by atoms with E-state index < -0.39 is 0 Å². The second-order valence-electron chi connectivity index (χ2n) is 4.66. The summed E-state index contributed by atoms with van der Waals surface area (Å²) in [5.74, 6) is 0.925. The van der Waals surface area contributed by atoms with Crippen molar-refractivity contribution in [2.24, 2.45) is 0 Å². The van der Waals surface area contributed by atoms with Crippen molar-refractivity contribution >= 4 is 11.6 Å². The van der Waals surface area contributed by atoms with Crippen LogP contribution in [0.15, 0.2) is 48.5 Å². The summed E-state index contributed by atoms with van der Waals surface area (Å²) in [5, 5.41) is 4.09. The number of halogens is 1. The van der Waals surface area contributed by atoms with Crippen LogP contribution < -0.4 is 10.1 Å². The maximum Gasteiger partial charge on any atom is 0.124 e. The summed E-state index contributed by atoms with van der Waals surface area (Å²) < 4.78 is 5.85. The van der Waals surface area contributed by atoms with Crippen molar-refractivity contribution in [2.75, 3.05) is 13.7 Å². The summed E-state index contributed by atoms with van der Waals surface area (Å²) in [6.07, 6.45) is 0.996. The van der Waals surface area contributed by atoms with Crippen LogP contribution in [-0.4, -0.2) is 13.7 Å². The van der Waals surface area contributed by atoms with E-state index in [2.05, 4.69) is 24.4 Å². The number of benzene rings is 2. The van der Waals surface area contributed by atoms with Gasteiger partial charge in [-0.15, -0.1) is 0 Å². The van der Waals surface area contributed by atoms with Gasteiger partial charge in [-0.2, -0.15) is 0 Å². The fraction of sp³-hybridized carbons (Fsp3) is 0.294. The van der Waals surface area contributed by atoms with Crippen LogP contribution in [-0.2, 0) is 0 Å². The molecule has 0 bridgehead atoms. The molecule has 0 aromatic heterocycles. The van der Waals surface area contributed by atoms with Crippen molar-refractivity contribution in [3.05, 3.63) is 64.7 Å². The Kier molecular flexibility index (Phi) is 5.45. The highest BCUT2D eigenvalue weighted by atomic mass is 35.5. The van der Waals surface area contributed by atoms with Gasteiger partial charge in [-0.3, -0.25) is 0 Å². The molecule has 0 saturated heterocycles. The fourth-order valence-electron chi connectivity index (χ4n) is 2.25. The van der Waals surface area contributed by atoms with Crippen LogP contribution in [0.3, 0.4) is 0 Å². The third-order valence-electron chi connectivity index (χ3n) is 3.16. The maximum atomic E-state index is 6.10. The molecule has 20 heavy (non-hydrogen) atoms. The van der Waals surface area contributed by atoms with Gasteiger partial charge in [-0.1, -0.05) is 48.9 Å². The van der Waals surface area contributed by atoms with Gasteiger partial charge >= 0.3 is 0 Å². The Morgan fingerprint density at radius 2 is 1.95 bits per heavy atom. The summed E-state index contributed by atoms with van der Waals surface area (Å²) in [5.41, 5.74) is 2.26. The first kappa shape index (κ1) is 14.9. The Hall–Kier alpha value is -1.51. The molecule has 2 aromatic carbocycles. The standard InChI is InChI=1S/C17H20ClNO/c1-3-11-20-16-10-5-4-9-15(16)17(19-2)13-7-6-8-14(18)12-13/h4-10,12,17,19H,3,11H2,1-2H3. The van der Waals surface area contributed by atoms with E-state index in [1.54, 1.807) is 0 Å². The average Bonchev–Trinajstić information content (AvgIpc) is 2.47. The molecule has 0 heterocycles. The average molecular weight is 290 g/mol. The van der Waals surface area contributed by atoms with Crippen LogP contribution in [0, 0.1) is 0 Å². The Morgan fingerprint density at radius 3 is 2.65 bits per heavy atom. The summed E-state index contributed by atoms with van der Waals surface area (Å²) in [7, 11) is 1.95. The molecule has 0 fully saturated rings. The predicted molar refractivity (Wildman–Crippen MR) is 84.6 cm³/mol. The Balaban J connectivity index is 2.36. The Morgan fingerprint density at radius 1 is 1.15 bits per heavy atom. The van der Waals surface area contributed by atoms with Gasteiger partial charge in [0.25, 0.3) is 0 Å². The number of hydrogen-bond donors (Lipinski definition) is 1. The lowest BCUT2D eigenvalue weighted by molar-refractivity contribution is 0.312. The highest BCUT2D eigenvalue weighted by molar-refractivity contribution is 6.30. The molecule has 0 amide bonds. The van der Waals surface area contributed by atoms with Gasteiger partial charge in [-0.05, 0) is 37.2 Å². The molecule has 1 atom stereocenters. The van der Waals surface area contributed by atoms with Crippen LogP contribution >= 0.6 is 11.6 Å². The zero-order valence-electron chi connectivity index (χ0n) is 11.9. The van der Waals surface area contributed by atoms with E-state index in [4.69, 9.17) is 16.3 Å². The number of para-hydroxylation sites is 1. The molecular formula is C17H20ClNO. The molecule has 0 aliphatic rings. The van der Waals surface area contributed by atoms with E-state index >= 15 is 0 Å². The molecular weight excluding hydrogens is 270 g/mol. The van der Waals surface area contributed by atoms with Crippen LogP contribution in [0.4, 0.5) is 0 Å². The molecule has 2 rings (SSSR count). The maximum absolute atomic E-state index is 6.10. The second-order valence-corrected chi connectivity index (χ2v) is 5.10. The number of nitrogens with one attached hydrogen (secondary N) is 1. The summed E-state index contributed by atoms with van der Waals surface area (Å²) in [6, 6.07) is 16.1. The molecule has 0 spiro atoms. The van der Waals surface area contributed by atoms with E-state index in [-0.39, 0.29) is 6.04 Å². The molecule has 2 nitrogen and oxygen atoms in total. The molecule has 0 radical (unpaired) electrons. The lowest BCUT2D eigenvalue weighted by Gasteiger charge is -2.20. The zero-order valence-corrected chi connectivity index (χ0v) is 12.7. The van der Waals surface area contributed by atoms with E-state index in [1.165, 1.54) is 0 Å². The summed E-state index contributed by atoms with van der Waals surface area (Å²) in [6.45, 7) is 2.83. The molecule has 1 unspecified atom stereocenters. The Labute approximate surface area is 125 Å². The first-order chi connectivity index (χ1) is 9.76. The molecule has 3 heteroatoms. The molecule has 106 valence electrons. The highest BCUT2D eigenvalue weighted by Gasteiger charge is 2.16. The fourth-order valence-corrected chi connectivity index (χ4v) is 2.45. The van der Waals surface area contributed by atoms with Crippen LogP contribution in [0.2, 0.25) is 5.02 Å². The van der Waals surface area contributed by atoms with E-state index in [0.29, 0.717) is 0 Å². The Bertz CT molecular complexity index is 556. The van der Waals surface area contributed by atoms with Crippen LogP contribution in [0.25, 0.3) is 0 Å². The minimum Gasteiger partial charge on any atom is -0.493 e. The minimum atomic E-state index is 0.0711. The van der Waals surface area contributed by atoms with E-state index in [1.807, 2.05) is 43.4 Å². The molecule has 0 aliphatic carbocycles. The van der Waals surface area contributed by atoms with Crippen molar-refractivity contribution in [1.29, 1.82) is 0 Å². The predicted octanol–water partition coefficient (Wildman–Crippen LogP) is 4.44. The van der Waals surface area contributed by atoms with E-state index in [0.717, 1.165) is 34.9 Å². The molecule has 1 N–H and O–H groups in total.